The van der Waals surface area contributed by atoms with E-state index in [1.165, 1.54) is 0 Å². The Balaban J connectivity index is 2.74. The summed E-state index contributed by atoms with van der Waals surface area (Å²) in [5, 5.41) is 0. The van der Waals surface area contributed by atoms with Gasteiger partial charge >= 0.3 is 0 Å². The lowest BCUT2D eigenvalue weighted by Crippen LogP contribution is -1.88. The van der Waals surface area contributed by atoms with Gasteiger partial charge in [-0.2, -0.15) is 8.42 Å². The standard InChI is InChI=1S/C7H6O3S/c8-11(9)6-10-7-4-2-1-3-5-7/h1-6H. The van der Waals surface area contributed by atoms with Crippen molar-refractivity contribution >= 4 is 15.8 Å². The zero-order valence-corrected chi connectivity index (χ0v) is 6.41. The molecule has 0 saturated carbocycles. The third kappa shape index (κ3) is 2.86. The molecule has 58 valence electrons. The quantitative estimate of drug-likeness (QED) is 0.614. The molecule has 0 aromatic heterocycles. The largest absolute Gasteiger partial charge is 0.449 e. The summed E-state index contributed by atoms with van der Waals surface area (Å²) in [7, 11) is -2.26. The van der Waals surface area contributed by atoms with Gasteiger partial charge in [-0.25, -0.2) is 0 Å². The molecular weight excluding hydrogens is 164 g/mol. The van der Waals surface area contributed by atoms with Crippen LogP contribution in [0, 0.1) is 0 Å². The number of para-hydroxylation sites is 1. The summed E-state index contributed by atoms with van der Waals surface area (Å²) in [6, 6.07) is 8.68. The lowest BCUT2D eigenvalue weighted by atomic mass is 10.3. The van der Waals surface area contributed by atoms with Crippen LogP contribution in [-0.4, -0.2) is 14.0 Å². The van der Waals surface area contributed by atoms with E-state index < -0.39 is 10.3 Å². The predicted octanol–water partition coefficient (Wildman–Crippen LogP) is 0.704. The molecule has 11 heavy (non-hydrogen) atoms. The average molecular weight is 170 g/mol. The minimum absolute atomic E-state index is 0.511. The molecule has 0 aliphatic rings. The van der Waals surface area contributed by atoms with E-state index in [4.69, 9.17) is 4.74 Å². The summed E-state index contributed by atoms with van der Waals surface area (Å²) in [5.74, 6) is 0.511. The first-order valence-corrected chi connectivity index (χ1v) is 4.06. The molecule has 3 nitrogen and oxygen atoms in total. The average Bonchev–Trinajstić information content (AvgIpc) is 2.03. The Morgan fingerprint density at radius 3 is 2.36 bits per heavy atom. The maximum Gasteiger partial charge on any atom is 0.249 e. The van der Waals surface area contributed by atoms with Crippen LogP contribution in [-0.2, 0) is 10.3 Å². The first-order valence-electron chi connectivity index (χ1n) is 2.92. The van der Waals surface area contributed by atoms with Gasteiger partial charge < -0.3 is 4.74 Å². The molecule has 0 radical (unpaired) electrons. The van der Waals surface area contributed by atoms with Crippen molar-refractivity contribution in [1.82, 2.24) is 0 Å². The molecular formula is C7H6O3S. The zero-order valence-electron chi connectivity index (χ0n) is 5.60. The van der Waals surface area contributed by atoms with Crippen molar-refractivity contribution in [2.24, 2.45) is 0 Å². The monoisotopic (exact) mass is 170 g/mol. The molecule has 0 aliphatic carbocycles. The second kappa shape index (κ2) is 3.78. The molecule has 1 aromatic carbocycles. The van der Waals surface area contributed by atoms with E-state index in [-0.39, 0.29) is 0 Å². The lowest BCUT2D eigenvalue weighted by molar-refractivity contribution is 0.576. The van der Waals surface area contributed by atoms with Crippen LogP contribution in [0.25, 0.3) is 0 Å². The number of rotatable bonds is 2. The molecule has 4 heteroatoms. The van der Waals surface area contributed by atoms with E-state index in [0.717, 1.165) is 5.55 Å². The highest BCUT2D eigenvalue weighted by molar-refractivity contribution is 7.71. The van der Waals surface area contributed by atoms with Gasteiger partial charge in [0.1, 0.15) is 5.75 Å². The first kappa shape index (κ1) is 7.81. The minimum Gasteiger partial charge on any atom is -0.449 e. The molecule has 0 aliphatic heterocycles. The Hall–Kier alpha value is -1.29. The molecule has 0 atom stereocenters. The van der Waals surface area contributed by atoms with Crippen LogP contribution >= 0.6 is 0 Å². The van der Waals surface area contributed by atoms with Gasteiger partial charge in [0.25, 0.3) is 0 Å². The van der Waals surface area contributed by atoms with E-state index >= 15 is 0 Å². The number of hydrogen-bond donors (Lipinski definition) is 0. The predicted molar refractivity (Wildman–Crippen MR) is 42.1 cm³/mol. The Labute approximate surface area is 65.8 Å². The molecule has 0 unspecified atom stereocenters. The van der Waals surface area contributed by atoms with Gasteiger partial charge in [0.15, 0.2) is 0 Å². The summed E-state index contributed by atoms with van der Waals surface area (Å²) < 4.78 is 24.7. The fourth-order valence-corrected chi connectivity index (χ4v) is 0.784. The van der Waals surface area contributed by atoms with E-state index in [1.807, 2.05) is 6.07 Å². The van der Waals surface area contributed by atoms with Crippen LogP contribution in [0.15, 0.2) is 30.3 Å². The third-order valence-corrected chi connectivity index (χ3v) is 1.26. The van der Waals surface area contributed by atoms with E-state index in [2.05, 4.69) is 0 Å². The van der Waals surface area contributed by atoms with Crippen molar-refractivity contribution in [3.8, 4) is 5.75 Å². The Morgan fingerprint density at radius 2 is 1.82 bits per heavy atom. The first-order chi connectivity index (χ1) is 5.29. The van der Waals surface area contributed by atoms with Crippen molar-refractivity contribution in [3.63, 3.8) is 0 Å². The van der Waals surface area contributed by atoms with E-state index in [9.17, 15) is 8.42 Å². The summed E-state index contributed by atoms with van der Waals surface area (Å²) in [4.78, 5) is 0. The zero-order chi connectivity index (χ0) is 8.10. The second-order valence-corrected chi connectivity index (χ2v) is 2.50. The summed E-state index contributed by atoms with van der Waals surface area (Å²) in [5.41, 5.74) is 0.745. The van der Waals surface area contributed by atoms with Crippen LogP contribution in [0.1, 0.15) is 0 Å². The molecule has 0 amide bonds. The molecule has 0 fully saturated rings. The second-order valence-electron chi connectivity index (χ2n) is 1.79. The van der Waals surface area contributed by atoms with Crippen molar-refractivity contribution in [2.75, 3.05) is 0 Å². The van der Waals surface area contributed by atoms with Gasteiger partial charge in [0.2, 0.25) is 15.8 Å². The highest BCUT2D eigenvalue weighted by atomic mass is 32.2. The van der Waals surface area contributed by atoms with Crippen molar-refractivity contribution in [3.05, 3.63) is 30.3 Å². The molecule has 1 aromatic rings. The van der Waals surface area contributed by atoms with Gasteiger partial charge in [0.05, 0.1) is 0 Å². The SMILES string of the molecule is O=S(=O)=COc1ccccc1. The maximum absolute atomic E-state index is 9.99. The molecule has 0 saturated heterocycles. The topological polar surface area (TPSA) is 43.4 Å². The minimum atomic E-state index is -2.26. The van der Waals surface area contributed by atoms with Crippen molar-refractivity contribution < 1.29 is 13.2 Å². The normalized spacial score (nSPS) is 8.73. The van der Waals surface area contributed by atoms with Crippen LogP contribution in [0.3, 0.4) is 0 Å². The molecule has 0 heterocycles. The van der Waals surface area contributed by atoms with Crippen molar-refractivity contribution in [2.45, 2.75) is 0 Å². The maximum atomic E-state index is 9.99. The van der Waals surface area contributed by atoms with Crippen molar-refractivity contribution in [1.29, 1.82) is 0 Å². The Bertz CT molecular complexity index is 331. The summed E-state index contributed by atoms with van der Waals surface area (Å²) >= 11 is 0. The number of ether oxygens (including phenoxy) is 1. The number of hydrogen-bond acceptors (Lipinski definition) is 3. The highest BCUT2D eigenvalue weighted by Gasteiger charge is 1.85. The number of benzene rings is 1. The van der Waals surface area contributed by atoms with E-state index in [1.54, 1.807) is 24.3 Å². The molecule has 1 rings (SSSR count). The molecule has 0 bridgehead atoms. The Morgan fingerprint density at radius 1 is 1.18 bits per heavy atom. The summed E-state index contributed by atoms with van der Waals surface area (Å²) in [6.07, 6.45) is 0. The fourth-order valence-electron chi connectivity index (χ4n) is 0.594. The molecule has 0 N–H and O–H groups in total. The Kier molecular flexibility index (Phi) is 2.68. The van der Waals surface area contributed by atoms with Crippen LogP contribution in [0.2, 0.25) is 0 Å². The van der Waals surface area contributed by atoms with Gasteiger partial charge in [-0.15, -0.1) is 0 Å². The van der Waals surface area contributed by atoms with Gasteiger partial charge in [0, 0.05) is 0 Å². The van der Waals surface area contributed by atoms with Gasteiger partial charge in [-0.3, -0.25) is 0 Å². The fraction of sp³-hybridized carbons (Fsp3) is 0. The van der Waals surface area contributed by atoms with Crippen LogP contribution in [0.4, 0.5) is 0 Å². The smallest absolute Gasteiger partial charge is 0.249 e. The third-order valence-electron chi connectivity index (χ3n) is 1.01. The highest BCUT2D eigenvalue weighted by Crippen LogP contribution is 2.06. The van der Waals surface area contributed by atoms with E-state index in [0.29, 0.717) is 5.75 Å². The van der Waals surface area contributed by atoms with Gasteiger partial charge in [-0.05, 0) is 12.1 Å². The lowest BCUT2D eigenvalue weighted by Gasteiger charge is -1.93. The van der Waals surface area contributed by atoms with Crippen LogP contribution in [0.5, 0.6) is 5.75 Å². The molecule has 0 spiro atoms. The van der Waals surface area contributed by atoms with Crippen LogP contribution < -0.4 is 4.74 Å². The summed E-state index contributed by atoms with van der Waals surface area (Å²) in [6.45, 7) is 0. The van der Waals surface area contributed by atoms with Gasteiger partial charge in [-0.1, -0.05) is 18.2 Å².